The molecular formula is C34H56N3O5P. The van der Waals surface area contributed by atoms with E-state index >= 15 is 0 Å². The second-order valence-corrected chi connectivity index (χ2v) is 17.0. The summed E-state index contributed by atoms with van der Waals surface area (Å²) in [5.41, 5.74) is 0.921. The van der Waals surface area contributed by atoms with Crippen molar-refractivity contribution in [1.29, 1.82) is 0 Å². The number of carbonyl (C=O) groups excluding carboxylic acids is 3. The van der Waals surface area contributed by atoms with Gasteiger partial charge in [0.05, 0.1) is 6.04 Å². The van der Waals surface area contributed by atoms with E-state index in [4.69, 9.17) is 0 Å². The molecule has 2 aliphatic rings. The summed E-state index contributed by atoms with van der Waals surface area (Å²) < 4.78 is 13.6. The molecule has 4 atom stereocenters. The molecule has 3 rings (SSSR count). The molecule has 0 bridgehead atoms. The Kier molecular flexibility index (Phi) is 14.2. The van der Waals surface area contributed by atoms with Gasteiger partial charge < -0.3 is 25.6 Å². The molecule has 0 aliphatic heterocycles. The van der Waals surface area contributed by atoms with Crippen LogP contribution in [0.1, 0.15) is 104 Å². The van der Waals surface area contributed by atoms with Crippen LogP contribution in [0.3, 0.4) is 0 Å². The second kappa shape index (κ2) is 17.3. The molecule has 0 aromatic heterocycles. The summed E-state index contributed by atoms with van der Waals surface area (Å²) in [6.07, 6.45) is 11.2. The predicted octanol–water partition coefficient (Wildman–Crippen LogP) is 5.61. The van der Waals surface area contributed by atoms with Crippen molar-refractivity contribution in [3.63, 3.8) is 0 Å². The van der Waals surface area contributed by atoms with E-state index in [1.807, 2.05) is 58.0 Å². The molecule has 4 N–H and O–H groups in total. The molecule has 2 aliphatic carbocycles. The van der Waals surface area contributed by atoms with Crippen molar-refractivity contribution in [1.82, 2.24) is 16.0 Å². The lowest BCUT2D eigenvalue weighted by atomic mass is 9.85. The highest BCUT2D eigenvalue weighted by Crippen LogP contribution is 2.51. The number of amides is 3. The number of hydrogen-bond donors (Lipinski definition) is 4. The van der Waals surface area contributed by atoms with Gasteiger partial charge in [0, 0.05) is 24.7 Å². The summed E-state index contributed by atoms with van der Waals surface area (Å²) in [6, 6.07) is 7.26. The van der Waals surface area contributed by atoms with Gasteiger partial charge in [0.15, 0.2) is 0 Å². The van der Waals surface area contributed by atoms with Crippen molar-refractivity contribution in [2.75, 3.05) is 12.3 Å². The van der Waals surface area contributed by atoms with Gasteiger partial charge in [-0.15, -0.1) is 0 Å². The molecule has 0 heterocycles. The van der Waals surface area contributed by atoms with Crippen LogP contribution < -0.4 is 16.0 Å². The first kappa shape index (κ1) is 35.3. The molecule has 43 heavy (non-hydrogen) atoms. The number of rotatable bonds is 16. The third-order valence-electron chi connectivity index (χ3n) is 9.53. The van der Waals surface area contributed by atoms with Crippen LogP contribution in [0.25, 0.3) is 0 Å². The second-order valence-electron chi connectivity index (χ2n) is 13.3. The van der Waals surface area contributed by atoms with Crippen LogP contribution in [0.2, 0.25) is 0 Å². The zero-order chi connectivity index (χ0) is 31.4. The molecule has 1 aromatic rings. The van der Waals surface area contributed by atoms with Crippen molar-refractivity contribution >= 4 is 24.9 Å². The van der Waals surface area contributed by atoms with E-state index in [0.29, 0.717) is 37.5 Å². The van der Waals surface area contributed by atoms with Crippen molar-refractivity contribution in [3.8, 4) is 0 Å². The van der Waals surface area contributed by atoms with Crippen LogP contribution in [-0.4, -0.2) is 59.1 Å². The molecule has 8 nitrogen and oxygen atoms in total. The molecule has 3 amide bonds. The highest BCUT2D eigenvalue weighted by atomic mass is 31.2. The zero-order valence-electron chi connectivity index (χ0n) is 26.9. The van der Waals surface area contributed by atoms with Crippen LogP contribution in [0, 0.1) is 17.8 Å². The maximum absolute atomic E-state index is 13.9. The quantitative estimate of drug-likeness (QED) is 0.180. The third-order valence-corrected chi connectivity index (χ3v) is 13.0. The Bertz CT molecular complexity index is 1060. The largest absolute Gasteiger partial charge is 0.383 e. The monoisotopic (exact) mass is 617 g/mol. The van der Waals surface area contributed by atoms with Gasteiger partial charge >= 0.3 is 0 Å². The van der Waals surface area contributed by atoms with Crippen molar-refractivity contribution in [2.24, 2.45) is 17.8 Å². The lowest BCUT2D eigenvalue weighted by Crippen LogP contribution is -2.57. The average molecular weight is 618 g/mol. The van der Waals surface area contributed by atoms with E-state index in [0.717, 1.165) is 56.9 Å². The molecule has 0 spiro atoms. The van der Waals surface area contributed by atoms with E-state index in [-0.39, 0.29) is 23.7 Å². The van der Waals surface area contributed by atoms with Gasteiger partial charge in [-0.25, -0.2) is 0 Å². The fourth-order valence-corrected chi connectivity index (χ4v) is 8.81. The van der Waals surface area contributed by atoms with Crippen LogP contribution in [0.4, 0.5) is 0 Å². The topological polar surface area (TPSA) is 125 Å². The van der Waals surface area contributed by atoms with Gasteiger partial charge in [-0.05, 0) is 43.1 Å². The van der Waals surface area contributed by atoms with Gasteiger partial charge in [-0.2, -0.15) is 0 Å². The minimum Gasteiger partial charge on any atom is -0.383 e. The third kappa shape index (κ3) is 10.7. The first-order valence-corrected chi connectivity index (χ1v) is 18.9. The maximum atomic E-state index is 13.9. The number of nitrogens with one attached hydrogen (secondary N) is 3. The van der Waals surface area contributed by atoms with Crippen molar-refractivity contribution < 1.29 is 24.1 Å². The number of aliphatic hydroxyl groups excluding tert-OH is 1. The van der Waals surface area contributed by atoms with Gasteiger partial charge in [-0.1, -0.05) is 103 Å². The van der Waals surface area contributed by atoms with Gasteiger partial charge in [0.25, 0.3) is 0 Å². The highest BCUT2D eigenvalue weighted by molar-refractivity contribution is 7.64. The van der Waals surface area contributed by atoms with Crippen LogP contribution in [-0.2, 0) is 25.4 Å². The molecule has 2 fully saturated rings. The first-order chi connectivity index (χ1) is 20.6. The summed E-state index contributed by atoms with van der Waals surface area (Å²) in [7, 11) is -2.91. The van der Waals surface area contributed by atoms with E-state index < -0.39 is 37.0 Å². The Morgan fingerprint density at radius 3 is 2.00 bits per heavy atom. The average Bonchev–Trinajstić information content (AvgIpc) is 3.55. The minimum atomic E-state index is -2.91. The molecule has 9 heteroatoms. The summed E-state index contributed by atoms with van der Waals surface area (Å²) in [4.78, 5) is 40.7. The van der Waals surface area contributed by atoms with E-state index in [1.54, 1.807) is 0 Å². The smallest absolute Gasteiger partial charge is 0.243 e. The van der Waals surface area contributed by atoms with Gasteiger partial charge in [0.2, 0.25) is 17.7 Å². The lowest BCUT2D eigenvalue weighted by Gasteiger charge is -2.34. The number of hydrogen-bond acceptors (Lipinski definition) is 5. The fraction of sp³-hybridized carbons (Fsp3) is 0.735. The molecule has 1 unspecified atom stereocenters. The molecule has 242 valence electrons. The number of carbonyl (C=O) groups is 3. The van der Waals surface area contributed by atoms with E-state index in [2.05, 4.69) is 16.0 Å². The Hall–Kier alpha value is -2.18. The SMILES string of the molecule is CCP(=O)(CC)C(O)[C@H](CC1CCCCC1)NC(=O)[C@H](CC(C)C)NC(=O)[C@H](Cc1ccccc1)NC(=O)C1CCCC1. The van der Waals surface area contributed by atoms with E-state index in [9.17, 15) is 24.1 Å². The predicted molar refractivity (Wildman–Crippen MR) is 173 cm³/mol. The summed E-state index contributed by atoms with van der Waals surface area (Å²) in [5, 5.41) is 20.4. The van der Waals surface area contributed by atoms with E-state index in [1.165, 1.54) is 6.42 Å². The summed E-state index contributed by atoms with van der Waals surface area (Å²) in [5.74, 6) is -1.62. The summed E-state index contributed by atoms with van der Waals surface area (Å²) >= 11 is 0. The Morgan fingerprint density at radius 2 is 1.42 bits per heavy atom. The van der Waals surface area contributed by atoms with Crippen molar-refractivity contribution in [2.45, 2.75) is 129 Å². The Balaban J connectivity index is 1.80. The zero-order valence-corrected chi connectivity index (χ0v) is 27.7. The van der Waals surface area contributed by atoms with Crippen LogP contribution in [0.5, 0.6) is 0 Å². The Labute approximate surface area is 259 Å². The van der Waals surface area contributed by atoms with Crippen LogP contribution >= 0.6 is 7.14 Å². The normalized spacial score (nSPS) is 19.4. The molecule has 0 saturated heterocycles. The lowest BCUT2D eigenvalue weighted by molar-refractivity contribution is -0.133. The molecule has 0 radical (unpaired) electrons. The van der Waals surface area contributed by atoms with Gasteiger partial charge in [-0.3, -0.25) is 14.4 Å². The van der Waals surface area contributed by atoms with Crippen LogP contribution in [0.15, 0.2) is 30.3 Å². The maximum Gasteiger partial charge on any atom is 0.243 e. The van der Waals surface area contributed by atoms with Gasteiger partial charge in [0.1, 0.15) is 25.1 Å². The molecular weight excluding hydrogens is 561 g/mol. The first-order valence-electron chi connectivity index (χ1n) is 16.8. The Morgan fingerprint density at radius 1 is 0.837 bits per heavy atom. The standard InChI is InChI=1S/C34H56N3O5P/c1-5-43(42,6-2)34(41)30(23-26-17-11-8-12-18-26)37-32(39)28(21-24(3)4)36-33(40)29(22-25-15-9-7-10-16-25)35-31(38)27-19-13-14-20-27/h7,9-10,15-16,24,26-30,34,41H,5-6,8,11-14,17-23H2,1-4H3,(H,35,38)(H,36,40)(H,37,39)/t28-,29-,30-,34?/m0/s1. The number of aliphatic hydroxyl groups is 1. The molecule has 2 saturated carbocycles. The highest BCUT2D eigenvalue weighted by Gasteiger charge is 2.38. The fourth-order valence-electron chi connectivity index (χ4n) is 6.76. The number of benzene rings is 1. The minimum absolute atomic E-state index is 0.0873. The molecule has 1 aromatic carbocycles. The van der Waals surface area contributed by atoms with Crippen molar-refractivity contribution in [3.05, 3.63) is 35.9 Å². The summed E-state index contributed by atoms with van der Waals surface area (Å²) in [6.45, 7) is 7.65.